The van der Waals surface area contributed by atoms with Crippen LogP contribution in [0.5, 0.6) is 0 Å². The third-order valence-corrected chi connectivity index (χ3v) is 2.94. The van der Waals surface area contributed by atoms with E-state index in [4.69, 9.17) is 5.73 Å². The minimum atomic E-state index is -0.396. The summed E-state index contributed by atoms with van der Waals surface area (Å²) >= 11 is 3.30. The van der Waals surface area contributed by atoms with Gasteiger partial charge in [-0.25, -0.2) is 4.39 Å². The summed E-state index contributed by atoms with van der Waals surface area (Å²) in [6, 6.07) is 4.60. The number of hydrogen-bond acceptors (Lipinski definition) is 1. The van der Waals surface area contributed by atoms with Gasteiger partial charge in [0, 0.05) is 10.0 Å². The Kier molecular flexibility index (Phi) is 3.09. The van der Waals surface area contributed by atoms with E-state index in [-0.39, 0.29) is 5.82 Å². The molecule has 0 fully saturated rings. The molecule has 1 nitrogen and oxygen atoms in total. The maximum atomic E-state index is 12.8. The van der Waals surface area contributed by atoms with E-state index in [1.165, 1.54) is 12.1 Å². The molecule has 1 rings (SSSR count). The van der Waals surface area contributed by atoms with Crippen LogP contribution in [0.1, 0.15) is 25.8 Å². The first-order chi connectivity index (χ1) is 5.97. The molecule has 0 heterocycles. The maximum absolute atomic E-state index is 12.8. The van der Waals surface area contributed by atoms with Gasteiger partial charge in [-0.3, -0.25) is 0 Å². The fourth-order valence-electron chi connectivity index (χ4n) is 1.14. The molecule has 0 radical (unpaired) electrons. The largest absolute Gasteiger partial charge is 0.322 e. The van der Waals surface area contributed by atoms with Crippen molar-refractivity contribution >= 4 is 15.9 Å². The Balaban J connectivity index is 3.16. The first-order valence-electron chi connectivity index (χ1n) is 4.22. The molecule has 0 spiro atoms. The van der Waals surface area contributed by atoms with Gasteiger partial charge in [0.25, 0.3) is 0 Å². The van der Waals surface area contributed by atoms with E-state index in [1.54, 1.807) is 6.07 Å². The van der Waals surface area contributed by atoms with Gasteiger partial charge in [0.05, 0.1) is 0 Å². The van der Waals surface area contributed by atoms with E-state index in [1.807, 2.05) is 13.8 Å². The second kappa shape index (κ2) is 3.76. The first-order valence-corrected chi connectivity index (χ1v) is 5.01. The summed E-state index contributed by atoms with van der Waals surface area (Å²) in [5, 5.41) is 0. The minimum absolute atomic E-state index is 0.248. The lowest BCUT2D eigenvalue weighted by Gasteiger charge is -2.24. The van der Waals surface area contributed by atoms with Crippen LogP contribution in [0.15, 0.2) is 22.7 Å². The molecule has 13 heavy (non-hydrogen) atoms. The number of hydrogen-bond donors (Lipinski definition) is 1. The van der Waals surface area contributed by atoms with Gasteiger partial charge < -0.3 is 5.73 Å². The highest BCUT2D eigenvalue weighted by atomic mass is 79.9. The van der Waals surface area contributed by atoms with E-state index < -0.39 is 5.54 Å². The molecule has 1 aromatic carbocycles. The Morgan fingerprint density at radius 1 is 1.54 bits per heavy atom. The molecular formula is C10H13BrFN. The summed E-state index contributed by atoms with van der Waals surface area (Å²) in [7, 11) is 0. The molecule has 1 aromatic rings. The van der Waals surface area contributed by atoms with Crippen molar-refractivity contribution in [2.75, 3.05) is 0 Å². The van der Waals surface area contributed by atoms with Crippen LogP contribution in [0, 0.1) is 5.82 Å². The maximum Gasteiger partial charge on any atom is 0.124 e. The Labute approximate surface area is 86.3 Å². The van der Waals surface area contributed by atoms with Gasteiger partial charge >= 0.3 is 0 Å². The number of halogens is 2. The third kappa shape index (κ3) is 2.29. The lowest BCUT2D eigenvalue weighted by molar-refractivity contribution is 0.473. The van der Waals surface area contributed by atoms with Crippen molar-refractivity contribution in [2.45, 2.75) is 25.8 Å². The standard InChI is InChI=1S/C10H13BrFN/c1-3-10(2,13)8-5-4-7(12)6-9(8)11/h4-6H,3,13H2,1-2H3/t10-/m0/s1. The molecule has 0 aliphatic carbocycles. The molecule has 72 valence electrons. The average Bonchev–Trinajstić information content (AvgIpc) is 2.03. The molecule has 3 heteroatoms. The zero-order valence-corrected chi connectivity index (χ0v) is 9.36. The minimum Gasteiger partial charge on any atom is -0.322 e. The highest BCUT2D eigenvalue weighted by molar-refractivity contribution is 9.10. The average molecular weight is 246 g/mol. The summed E-state index contributed by atoms with van der Waals surface area (Å²) in [4.78, 5) is 0. The predicted octanol–water partition coefficient (Wildman–Crippen LogP) is 3.17. The van der Waals surface area contributed by atoms with Crippen LogP contribution >= 0.6 is 15.9 Å². The molecule has 0 amide bonds. The van der Waals surface area contributed by atoms with Gasteiger partial charge in [-0.1, -0.05) is 28.9 Å². The fourth-order valence-corrected chi connectivity index (χ4v) is 1.95. The zero-order chi connectivity index (χ0) is 10.1. The molecular weight excluding hydrogens is 233 g/mol. The van der Waals surface area contributed by atoms with E-state index >= 15 is 0 Å². The Morgan fingerprint density at radius 2 is 2.15 bits per heavy atom. The summed E-state index contributed by atoms with van der Waals surface area (Å²) in [5.74, 6) is -0.248. The number of benzene rings is 1. The SMILES string of the molecule is CC[C@](C)(N)c1ccc(F)cc1Br. The van der Waals surface area contributed by atoms with Crippen LogP contribution < -0.4 is 5.73 Å². The van der Waals surface area contributed by atoms with Crippen molar-refractivity contribution in [1.29, 1.82) is 0 Å². The first kappa shape index (κ1) is 10.7. The van der Waals surface area contributed by atoms with Crippen LogP contribution in [0.25, 0.3) is 0 Å². The van der Waals surface area contributed by atoms with Crippen LogP contribution in [-0.4, -0.2) is 0 Å². The zero-order valence-electron chi connectivity index (χ0n) is 7.77. The molecule has 0 bridgehead atoms. The molecule has 1 atom stereocenters. The van der Waals surface area contributed by atoms with Crippen molar-refractivity contribution in [2.24, 2.45) is 5.73 Å². The molecule has 0 aliphatic rings. The van der Waals surface area contributed by atoms with Crippen molar-refractivity contribution in [3.05, 3.63) is 34.1 Å². The van der Waals surface area contributed by atoms with Crippen LogP contribution in [0.2, 0.25) is 0 Å². The van der Waals surface area contributed by atoms with Crippen molar-refractivity contribution in [3.63, 3.8) is 0 Å². The molecule has 2 N–H and O–H groups in total. The van der Waals surface area contributed by atoms with Crippen LogP contribution in [0.3, 0.4) is 0 Å². The second-order valence-electron chi connectivity index (χ2n) is 3.40. The van der Waals surface area contributed by atoms with Crippen molar-refractivity contribution < 1.29 is 4.39 Å². The summed E-state index contributed by atoms with van der Waals surface area (Å²) in [6.07, 6.45) is 0.817. The normalized spacial score (nSPS) is 15.5. The Morgan fingerprint density at radius 3 is 2.62 bits per heavy atom. The lowest BCUT2D eigenvalue weighted by Crippen LogP contribution is -2.32. The molecule has 0 saturated carbocycles. The number of nitrogens with two attached hydrogens (primary N) is 1. The smallest absolute Gasteiger partial charge is 0.124 e. The topological polar surface area (TPSA) is 26.0 Å². The van der Waals surface area contributed by atoms with E-state index in [0.717, 1.165) is 16.5 Å². The van der Waals surface area contributed by atoms with Gasteiger partial charge in [-0.2, -0.15) is 0 Å². The van der Waals surface area contributed by atoms with Crippen molar-refractivity contribution in [1.82, 2.24) is 0 Å². The lowest BCUT2D eigenvalue weighted by atomic mass is 9.91. The molecule has 0 unspecified atom stereocenters. The summed E-state index contributed by atoms with van der Waals surface area (Å²) < 4.78 is 13.5. The Bertz CT molecular complexity index is 310. The second-order valence-corrected chi connectivity index (χ2v) is 4.25. The summed E-state index contributed by atoms with van der Waals surface area (Å²) in [6.45, 7) is 3.95. The van der Waals surface area contributed by atoms with Crippen LogP contribution in [-0.2, 0) is 5.54 Å². The van der Waals surface area contributed by atoms with Gasteiger partial charge in [0.2, 0.25) is 0 Å². The Hall–Kier alpha value is -0.410. The molecule has 0 saturated heterocycles. The predicted molar refractivity (Wildman–Crippen MR) is 55.9 cm³/mol. The monoisotopic (exact) mass is 245 g/mol. The van der Waals surface area contributed by atoms with E-state index in [0.29, 0.717) is 0 Å². The number of rotatable bonds is 2. The third-order valence-electron chi connectivity index (χ3n) is 2.28. The van der Waals surface area contributed by atoms with Gasteiger partial charge in [0.15, 0.2) is 0 Å². The quantitative estimate of drug-likeness (QED) is 0.852. The highest BCUT2D eigenvalue weighted by Gasteiger charge is 2.21. The molecule has 0 aliphatic heterocycles. The van der Waals surface area contributed by atoms with Gasteiger partial charge in [-0.15, -0.1) is 0 Å². The fraction of sp³-hybridized carbons (Fsp3) is 0.400. The van der Waals surface area contributed by atoms with Crippen LogP contribution in [0.4, 0.5) is 4.39 Å². The summed E-state index contributed by atoms with van der Waals surface area (Å²) in [5.41, 5.74) is 6.58. The van der Waals surface area contributed by atoms with E-state index in [2.05, 4.69) is 15.9 Å². The van der Waals surface area contributed by atoms with Gasteiger partial charge in [0.1, 0.15) is 5.82 Å². The van der Waals surface area contributed by atoms with Crippen molar-refractivity contribution in [3.8, 4) is 0 Å². The highest BCUT2D eigenvalue weighted by Crippen LogP contribution is 2.29. The molecule has 0 aromatic heterocycles. The van der Waals surface area contributed by atoms with Gasteiger partial charge in [-0.05, 0) is 31.0 Å². The van der Waals surface area contributed by atoms with E-state index in [9.17, 15) is 4.39 Å².